The lowest BCUT2D eigenvalue weighted by atomic mass is 10.3. The SMILES string of the molecule is Cc1cnc(CNC(=O)CCN)cn1. The Labute approximate surface area is 82.7 Å². The fraction of sp³-hybridized carbons (Fsp3) is 0.444. The first-order valence-corrected chi connectivity index (χ1v) is 4.46. The van der Waals surface area contributed by atoms with E-state index in [0.29, 0.717) is 19.5 Å². The normalized spacial score (nSPS) is 9.86. The third-order valence-corrected chi connectivity index (χ3v) is 1.67. The van der Waals surface area contributed by atoms with Gasteiger partial charge in [-0.1, -0.05) is 0 Å². The Morgan fingerprint density at radius 3 is 2.86 bits per heavy atom. The summed E-state index contributed by atoms with van der Waals surface area (Å²) in [7, 11) is 0. The topological polar surface area (TPSA) is 80.9 Å². The van der Waals surface area contributed by atoms with Gasteiger partial charge in [0.05, 0.1) is 24.1 Å². The van der Waals surface area contributed by atoms with Crippen LogP contribution in [-0.4, -0.2) is 22.4 Å². The van der Waals surface area contributed by atoms with E-state index in [-0.39, 0.29) is 5.91 Å². The lowest BCUT2D eigenvalue weighted by molar-refractivity contribution is -0.121. The lowest BCUT2D eigenvalue weighted by Gasteiger charge is -2.03. The number of hydrogen-bond acceptors (Lipinski definition) is 4. The fourth-order valence-corrected chi connectivity index (χ4v) is 0.919. The third-order valence-electron chi connectivity index (χ3n) is 1.67. The van der Waals surface area contributed by atoms with Gasteiger partial charge in [-0.05, 0) is 6.92 Å². The average Bonchev–Trinajstić information content (AvgIpc) is 2.17. The monoisotopic (exact) mass is 194 g/mol. The minimum atomic E-state index is -0.0603. The van der Waals surface area contributed by atoms with Gasteiger partial charge in [0.15, 0.2) is 0 Å². The van der Waals surface area contributed by atoms with Gasteiger partial charge in [-0.3, -0.25) is 14.8 Å². The van der Waals surface area contributed by atoms with Gasteiger partial charge in [0.2, 0.25) is 5.91 Å². The van der Waals surface area contributed by atoms with E-state index in [1.54, 1.807) is 12.4 Å². The number of carbonyl (C=O) groups excluding carboxylic acids is 1. The van der Waals surface area contributed by atoms with Crippen LogP contribution in [0.25, 0.3) is 0 Å². The van der Waals surface area contributed by atoms with Gasteiger partial charge in [-0.15, -0.1) is 0 Å². The molecule has 0 spiro atoms. The van der Waals surface area contributed by atoms with Gasteiger partial charge in [-0.25, -0.2) is 0 Å². The molecule has 0 fully saturated rings. The standard InChI is InChI=1S/C9H14N4O/c1-7-4-12-8(5-11-7)6-13-9(14)2-3-10/h4-5H,2-3,6,10H2,1H3,(H,13,14). The van der Waals surface area contributed by atoms with Crippen LogP contribution in [0.15, 0.2) is 12.4 Å². The lowest BCUT2D eigenvalue weighted by Crippen LogP contribution is -2.25. The summed E-state index contributed by atoms with van der Waals surface area (Å²) in [5, 5.41) is 2.70. The molecule has 0 aliphatic rings. The van der Waals surface area contributed by atoms with Crippen molar-refractivity contribution in [2.75, 3.05) is 6.54 Å². The van der Waals surface area contributed by atoms with Gasteiger partial charge in [-0.2, -0.15) is 0 Å². The molecule has 3 N–H and O–H groups in total. The highest BCUT2D eigenvalue weighted by Gasteiger charge is 2.00. The van der Waals surface area contributed by atoms with Crippen LogP contribution in [0.1, 0.15) is 17.8 Å². The van der Waals surface area contributed by atoms with E-state index in [0.717, 1.165) is 11.4 Å². The van der Waals surface area contributed by atoms with E-state index in [1.807, 2.05) is 6.92 Å². The van der Waals surface area contributed by atoms with Crippen molar-refractivity contribution >= 4 is 5.91 Å². The Kier molecular flexibility index (Phi) is 4.00. The van der Waals surface area contributed by atoms with E-state index in [4.69, 9.17) is 5.73 Å². The molecule has 76 valence electrons. The van der Waals surface area contributed by atoms with Crippen LogP contribution < -0.4 is 11.1 Å². The predicted octanol–water partition coefficient (Wildman–Crippen LogP) is -0.250. The quantitative estimate of drug-likeness (QED) is 0.692. The van der Waals surface area contributed by atoms with E-state index >= 15 is 0 Å². The van der Waals surface area contributed by atoms with Crippen LogP contribution in [0, 0.1) is 6.92 Å². The second kappa shape index (κ2) is 5.29. The zero-order chi connectivity index (χ0) is 10.4. The smallest absolute Gasteiger partial charge is 0.221 e. The molecule has 1 amide bonds. The molecule has 0 saturated heterocycles. The van der Waals surface area contributed by atoms with Crippen molar-refractivity contribution in [2.24, 2.45) is 5.73 Å². The first kappa shape index (κ1) is 10.6. The second-order valence-electron chi connectivity index (χ2n) is 2.96. The Morgan fingerprint density at radius 1 is 1.50 bits per heavy atom. The molecule has 0 saturated carbocycles. The maximum atomic E-state index is 11.0. The van der Waals surface area contributed by atoms with E-state index < -0.39 is 0 Å². The molecule has 0 unspecified atom stereocenters. The van der Waals surface area contributed by atoms with Crippen molar-refractivity contribution < 1.29 is 4.79 Å². The molecule has 0 atom stereocenters. The number of rotatable bonds is 4. The van der Waals surface area contributed by atoms with Crippen molar-refractivity contribution in [1.29, 1.82) is 0 Å². The largest absolute Gasteiger partial charge is 0.350 e. The molecular formula is C9H14N4O. The highest BCUT2D eigenvalue weighted by Crippen LogP contribution is 1.93. The second-order valence-corrected chi connectivity index (χ2v) is 2.96. The fourth-order valence-electron chi connectivity index (χ4n) is 0.919. The molecule has 1 rings (SSSR count). The number of amides is 1. The molecule has 1 aromatic rings. The maximum absolute atomic E-state index is 11.0. The van der Waals surface area contributed by atoms with Crippen molar-refractivity contribution in [3.63, 3.8) is 0 Å². The first-order valence-electron chi connectivity index (χ1n) is 4.46. The molecule has 0 aliphatic carbocycles. The van der Waals surface area contributed by atoms with E-state index in [1.165, 1.54) is 0 Å². The van der Waals surface area contributed by atoms with Crippen LogP contribution in [0.5, 0.6) is 0 Å². The minimum absolute atomic E-state index is 0.0603. The van der Waals surface area contributed by atoms with Gasteiger partial charge in [0.25, 0.3) is 0 Å². The summed E-state index contributed by atoms with van der Waals surface area (Å²) in [6.45, 7) is 2.64. The molecule has 14 heavy (non-hydrogen) atoms. The van der Waals surface area contributed by atoms with Crippen LogP contribution >= 0.6 is 0 Å². The van der Waals surface area contributed by atoms with Crippen molar-refractivity contribution in [1.82, 2.24) is 15.3 Å². The summed E-state index contributed by atoms with van der Waals surface area (Å²) in [6.07, 6.45) is 3.67. The third kappa shape index (κ3) is 3.49. The highest BCUT2D eigenvalue weighted by molar-refractivity contribution is 5.75. The van der Waals surface area contributed by atoms with Gasteiger partial charge < -0.3 is 11.1 Å². The molecule has 0 aromatic carbocycles. The van der Waals surface area contributed by atoms with Crippen LogP contribution in [0.4, 0.5) is 0 Å². The number of nitrogens with one attached hydrogen (secondary N) is 1. The summed E-state index contributed by atoms with van der Waals surface area (Å²) in [5.41, 5.74) is 6.84. The molecule has 1 aromatic heterocycles. The van der Waals surface area contributed by atoms with Gasteiger partial charge >= 0.3 is 0 Å². The molecule has 1 heterocycles. The number of carbonyl (C=O) groups is 1. The zero-order valence-corrected chi connectivity index (χ0v) is 8.16. The highest BCUT2D eigenvalue weighted by atomic mass is 16.1. The summed E-state index contributed by atoms with van der Waals surface area (Å²) >= 11 is 0. The number of aromatic nitrogens is 2. The molecule has 0 radical (unpaired) electrons. The first-order chi connectivity index (χ1) is 6.72. The molecule has 5 nitrogen and oxygen atoms in total. The number of nitrogens with two attached hydrogens (primary N) is 1. The van der Waals surface area contributed by atoms with Gasteiger partial charge in [0, 0.05) is 19.2 Å². The van der Waals surface area contributed by atoms with Crippen LogP contribution in [0.3, 0.4) is 0 Å². The number of aryl methyl sites for hydroxylation is 1. The zero-order valence-electron chi connectivity index (χ0n) is 8.16. The summed E-state index contributed by atoms with van der Waals surface area (Å²) in [5.74, 6) is -0.0603. The number of hydrogen-bond donors (Lipinski definition) is 2. The molecule has 0 bridgehead atoms. The Bertz CT molecular complexity index is 296. The van der Waals surface area contributed by atoms with Crippen LogP contribution in [-0.2, 0) is 11.3 Å². The maximum Gasteiger partial charge on any atom is 0.221 e. The van der Waals surface area contributed by atoms with Crippen LogP contribution in [0.2, 0.25) is 0 Å². The van der Waals surface area contributed by atoms with E-state index in [9.17, 15) is 4.79 Å². The Balaban J connectivity index is 2.38. The minimum Gasteiger partial charge on any atom is -0.350 e. The Morgan fingerprint density at radius 2 is 2.29 bits per heavy atom. The molecule has 0 aliphatic heterocycles. The summed E-state index contributed by atoms with van der Waals surface area (Å²) in [4.78, 5) is 19.2. The van der Waals surface area contributed by atoms with E-state index in [2.05, 4.69) is 15.3 Å². The van der Waals surface area contributed by atoms with Crippen molar-refractivity contribution in [3.05, 3.63) is 23.8 Å². The Hall–Kier alpha value is -1.49. The predicted molar refractivity (Wildman–Crippen MR) is 52.3 cm³/mol. The molecule has 5 heteroatoms. The molecular weight excluding hydrogens is 180 g/mol. The average molecular weight is 194 g/mol. The van der Waals surface area contributed by atoms with Crippen molar-refractivity contribution in [2.45, 2.75) is 19.9 Å². The van der Waals surface area contributed by atoms with Gasteiger partial charge in [0.1, 0.15) is 0 Å². The summed E-state index contributed by atoms with van der Waals surface area (Å²) in [6, 6.07) is 0. The summed E-state index contributed by atoms with van der Waals surface area (Å²) < 4.78 is 0. The van der Waals surface area contributed by atoms with Crippen molar-refractivity contribution in [3.8, 4) is 0 Å². The number of nitrogens with zero attached hydrogens (tertiary/aromatic N) is 2.